The number of hydrogen-bond donors (Lipinski definition) is 2. The Bertz CT molecular complexity index is 677. The highest BCUT2D eigenvalue weighted by Crippen LogP contribution is 2.29. The quantitative estimate of drug-likeness (QED) is 0.488. The van der Waals surface area contributed by atoms with Gasteiger partial charge in [0.2, 0.25) is 0 Å². The molecule has 0 aliphatic rings. The molecule has 2 aromatic carbocycles. The van der Waals surface area contributed by atoms with Crippen LogP contribution in [0.15, 0.2) is 40.9 Å². The predicted octanol–water partition coefficient (Wildman–Crippen LogP) is 3.53. The average molecular weight is 352 g/mol. The van der Waals surface area contributed by atoms with E-state index in [-0.39, 0.29) is 18.0 Å². The van der Waals surface area contributed by atoms with Crippen molar-refractivity contribution in [1.29, 1.82) is 0 Å². The Morgan fingerprint density at radius 3 is 2.81 bits per heavy atom. The molecule has 0 fully saturated rings. The SMILES string of the molecule is Cc1ccc(Br)cc1OCc1cccc([N+](=O)[O-])c1NN. The topological polar surface area (TPSA) is 90.4 Å². The summed E-state index contributed by atoms with van der Waals surface area (Å²) in [6.45, 7) is 2.11. The molecule has 2 rings (SSSR count). The van der Waals surface area contributed by atoms with Gasteiger partial charge >= 0.3 is 0 Å². The number of nitro benzene ring substituents is 1. The standard InChI is InChI=1S/C14H14BrN3O3/c1-9-5-6-11(15)7-13(9)21-8-10-3-2-4-12(18(19)20)14(10)17-16/h2-7,17H,8,16H2,1H3. The number of rotatable bonds is 5. The van der Waals surface area contributed by atoms with Gasteiger partial charge in [-0.05, 0) is 24.6 Å². The summed E-state index contributed by atoms with van der Waals surface area (Å²) in [5.74, 6) is 6.10. The first-order chi connectivity index (χ1) is 10.0. The lowest BCUT2D eigenvalue weighted by molar-refractivity contribution is -0.384. The molecule has 0 amide bonds. The number of para-hydroxylation sites is 1. The number of nitrogens with two attached hydrogens (primary N) is 1. The Labute approximate surface area is 130 Å². The molecule has 0 saturated heterocycles. The second-order valence-electron chi connectivity index (χ2n) is 4.41. The van der Waals surface area contributed by atoms with E-state index in [1.54, 1.807) is 12.1 Å². The highest BCUT2D eigenvalue weighted by molar-refractivity contribution is 9.10. The number of nitrogens with zero attached hydrogens (tertiary/aromatic N) is 1. The Morgan fingerprint density at radius 2 is 2.14 bits per heavy atom. The Kier molecular flexibility index (Phi) is 4.77. The van der Waals surface area contributed by atoms with Crippen LogP contribution in [0.25, 0.3) is 0 Å². The number of hydrogen-bond acceptors (Lipinski definition) is 5. The van der Waals surface area contributed by atoms with E-state index in [4.69, 9.17) is 10.6 Å². The second-order valence-corrected chi connectivity index (χ2v) is 5.33. The lowest BCUT2D eigenvalue weighted by atomic mass is 10.1. The van der Waals surface area contributed by atoms with E-state index < -0.39 is 4.92 Å². The first-order valence-corrected chi connectivity index (χ1v) is 6.94. The summed E-state index contributed by atoms with van der Waals surface area (Å²) in [6.07, 6.45) is 0. The number of anilines is 1. The zero-order valence-corrected chi connectivity index (χ0v) is 12.9. The van der Waals surface area contributed by atoms with E-state index in [9.17, 15) is 10.1 Å². The fourth-order valence-corrected chi connectivity index (χ4v) is 2.25. The van der Waals surface area contributed by atoms with E-state index >= 15 is 0 Å². The van der Waals surface area contributed by atoms with Gasteiger partial charge in [-0.25, -0.2) is 0 Å². The monoisotopic (exact) mass is 351 g/mol. The van der Waals surface area contributed by atoms with Crippen molar-refractivity contribution in [3.05, 3.63) is 62.1 Å². The minimum absolute atomic E-state index is 0.0791. The number of aryl methyl sites for hydroxylation is 1. The fourth-order valence-electron chi connectivity index (χ4n) is 1.91. The molecule has 21 heavy (non-hydrogen) atoms. The summed E-state index contributed by atoms with van der Waals surface area (Å²) in [4.78, 5) is 10.5. The Hall–Kier alpha value is -2.12. The summed E-state index contributed by atoms with van der Waals surface area (Å²) in [5.41, 5.74) is 4.15. The first kappa shape index (κ1) is 15.3. The average Bonchev–Trinajstić information content (AvgIpc) is 2.47. The zero-order valence-electron chi connectivity index (χ0n) is 11.3. The maximum Gasteiger partial charge on any atom is 0.294 e. The molecule has 2 aromatic rings. The molecular weight excluding hydrogens is 338 g/mol. The van der Waals surface area contributed by atoms with E-state index in [1.807, 2.05) is 25.1 Å². The molecule has 6 nitrogen and oxygen atoms in total. The number of nitrogen functional groups attached to an aromatic ring is 1. The van der Waals surface area contributed by atoms with Crippen molar-refractivity contribution in [1.82, 2.24) is 0 Å². The van der Waals surface area contributed by atoms with Crippen molar-refractivity contribution in [3.63, 3.8) is 0 Å². The lowest BCUT2D eigenvalue weighted by Gasteiger charge is -2.12. The molecular formula is C14H14BrN3O3. The summed E-state index contributed by atoms with van der Waals surface area (Å²) >= 11 is 3.38. The normalized spacial score (nSPS) is 10.2. The molecule has 0 bridgehead atoms. The van der Waals surface area contributed by atoms with Crippen molar-refractivity contribution >= 4 is 27.3 Å². The summed E-state index contributed by atoms with van der Waals surface area (Å²) in [7, 11) is 0. The fraction of sp³-hybridized carbons (Fsp3) is 0.143. The van der Waals surface area contributed by atoms with Gasteiger partial charge in [0.05, 0.1) is 4.92 Å². The van der Waals surface area contributed by atoms with Crippen LogP contribution in [0, 0.1) is 17.0 Å². The minimum Gasteiger partial charge on any atom is -0.489 e. The molecule has 3 N–H and O–H groups in total. The van der Waals surface area contributed by atoms with Crippen molar-refractivity contribution in [2.75, 3.05) is 5.43 Å². The number of ether oxygens (including phenoxy) is 1. The molecule has 110 valence electrons. The van der Waals surface area contributed by atoms with Crippen LogP contribution >= 0.6 is 15.9 Å². The van der Waals surface area contributed by atoms with Gasteiger partial charge in [-0.2, -0.15) is 0 Å². The second kappa shape index (κ2) is 6.55. The third-order valence-corrected chi connectivity index (χ3v) is 3.50. The van der Waals surface area contributed by atoms with E-state index in [0.717, 1.165) is 10.0 Å². The maximum atomic E-state index is 11.0. The number of nitrogens with one attached hydrogen (secondary N) is 1. The molecule has 0 atom stereocenters. The van der Waals surface area contributed by atoms with Gasteiger partial charge in [-0.1, -0.05) is 34.1 Å². The van der Waals surface area contributed by atoms with Crippen molar-refractivity contribution in [3.8, 4) is 5.75 Å². The summed E-state index contributed by atoms with van der Waals surface area (Å²) in [6, 6.07) is 10.4. The summed E-state index contributed by atoms with van der Waals surface area (Å²) in [5, 5.41) is 11.0. The minimum atomic E-state index is -0.483. The smallest absolute Gasteiger partial charge is 0.294 e. The van der Waals surface area contributed by atoms with Crippen molar-refractivity contribution < 1.29 is 9.66 Å². The maximum absolute atomic E-state index is 11.0. The van der Waals surface area contributed by atoms with Crippen molar-refractivity contribution in [2.24, 2.45) is 5.84 Å². The number of hydrazine groups is 1. The number of benzene rings is 2. The third kappa shape index (κ3) is 3.50. The van der Waals surface area contributed by atoms with Gasteiger partial charge in [-0.15, -0.1) is 0 Å². The van der Waals surface area contributed by atoms with Crippen LogP contribution in [-0.2, 0) is 6.61 Å². The van der Waals surface area contributed by atoms with Crippen LogP contribution in [0.1, 0.15) is 11.1 Å². The highest BCUT2D eigenvalue weighted by Gasteiger charge is 2.16. The Morgan fingerprint density at radius 1 is 1.38 bits per heavy atom. The summed E-state index contributed by atoms with van der Waals surface area (Å²) < 4.78 is 6.63. The zero-order chi connectivity index (χ0) is 15.4. The van der Waals surface area contributed by atoms with Crippen LogP contribution in [0.4, 0.5) is 11.4 Å². The Balaban J connectivity index is 2.26. The van der Waals surface area contributed by atoms with Gasteiger partial charge in [0.15, 0.2) is 0 Å². The molecule has 7 heteroatoms. The lowest BCUT2D eigenvalue weighted by Crippen LogP contribution is -2.12. The molecule has 0 heterocycles. The third-order valence-electron chi connectivity index (χ3n) is 3.00. The van der Waals surface area contributed by atoms with Crippen LogP contribution in [-0.4, -0.2) is 4.92 Å². The van der Waals surface area contributed by atoms with Crippen LogP contribution < -0.4 is 16.0 Å². The first-order valence-electron chi connectivity index (χ1n) is 6.14. The van der Waals surface area contributed by atoms with Crippen LogP contribution in [0.2, 0.25) is 0 Å². The predicted molar refractivity (Wildman–Crippen MR) is 84.1 cm³/mol. The molecule has 0 aliphatic heterocycles. The van der Waals surface area contributed by atoms with E-state index in [2.05, 4.69) is 21.4 Å². The van der Waals surface area contributed by atoms with Gasteiger partial charge in [0.1, 0.15) is 18.0 Å². The van der Waals surface area contributed by atoms with Crippen molar-refractivity contribution in [2.45, 2.75) is 13.5 Å². The molecule has 0 aromatic heterocycles. The van der Waals surface area contributed by atoms with Gasteiger partial charge in [-0.3, -0.25) is 16.0 Å². The highest BCUT2D eigenvalue weighted by atomic mass is 79.9. The molecule has 0 saturated carbocycles. The molecule has 0 spiro atoms. The molecule has 0 unspecified atom stereocenters. The van der Waals surface area contributed by atoms with Gasteiger partial charge in [0.25, 0.3) is 5.69 Å². The number of nitro groups is 1. The number of halogens is 1. The van der Waals surface area contributed by atoms with Crippen LogP contribution in [0.5, 0.6) is 5.75 Å². The molecule has 0 radical (unpaired) electrons. The van der Waals surface area contributed by atoms with E-state index in [0.29, 0.717) is 11.3 Å². The van der Waals surface area contributed by atoms with Crippen LogP contribution in [0.3, 0.4) is 0 Å². The van der Waals surface area contributed by atoms with Gasteiger partial charge in [0, 0.05) is 16.1 Å². The molecule has 0 aliphatic carbocycles. The van der Waals surface area contributed by atoms with Gasteiger partial charge < -0.3 is 10.2 Å². The largest absolute Gasteiger partial charge is 0.489 e. The van der Waals surface area contributed by atoms with E-state index in [1.165, 1.54) is 6.07 Å².